The van der Waals surface area contributed by atoms with Gasteiger partial charge in [-0.1, -0.05) is 61.3 Å². The highest BCUT2D eigenvalue weighted by Gasteiger charge is 2.32. The van der Waals surface area contributed by atoms with Crippen LogP contribution < -0.4 is 9.62 Å². The third kappa shape index (κ3) is 7.86. The number of anilines is 1. The monoisotopic (exact) mass is 583 g/mol. The molecule has 214 valence electrons. The van der Waals surface area contributed by atoms with Crippen molar-refractivity contribution in [1.82, 2.24) is 10.2 Å². The van der Waals surface area contributed by atoms with Crippen molar-refractivity contribution in [2.75, 3.05) is 17.4 Å². The first-order valence-electron chi connectivity index (χ1n) is 13.3. The average Bonchev–Trinajstić information content (AvgIpc) is 2.90. The van der Waals surface area contributed by atoms with Gasteiger partial charge < -0.3 is 10.2 Å². The summed E-state index contributed by atoms with van der Waals surface area (Å²) in [7, 11) is -4.15. The molecule has 0 spiro atoms. The second-order valence-corrected chi connectivity index (χ2v) is 12.9. The van der Waals surface area contributed by atoms with E-state index in [1.165, 1.54) is 29.2 Å². The Hall–Kier alpha value is -3.36. The Labute approximate surface area is 243 Å². The van der Waals surface area contributed by atoms with E-state index in [4.69, 9.17) is 11.6 Å². The van der Waals surface area contributed by atoms with E-state index in [1.807, 2.05) is 65.0 Å². The molecule has 40 heavy (non-hydrogen) atoms. The zero-order chi connectivity index (χ0) is 29.6. The number of nitrogens with zero attached hydrogens (tertiary/aromatic N) is 2. The average molecular weight is 584 g/mol. The van der Waals surface area contributed by atoms with Gasteiger partial charge in [0.05, 0.1) is 10.6 Å². The molecule has 0 saturated heterocycles. The van der Waals surface area contributed by atoms with Gasteiger partial charge in [0.25, 0.3) is 10.0 Å². The molecular weight excluding hydrogens is 546 g/mol. The Morgan fingerprint density at radius 3 is 2.17 bits per heavy atom. The van der Waals surface area contributed by atoms with Crippen molar-refractivity contribution in [3.63, 3.8) is 0 Å². The van der Waals surface area contributed by atoms with E-state index in [9.17, 15) is 18.0 Å². The number of amides is 2. The van der Waals surface area contributed by atoms with E-state index in [-0.39, 0.29) is 23.3 Å². The minimum absolute atomic E-state index is 0.0101. The molecule has 1 atom stereocenters. The van der Waals surface area contributed by atoms with Crippen LogP contribution in [0.4, 0.5) is 5.69 Å². The van der Waals surface area contributed by atoms with Crippen molar-refractivity contribution in [1.29, 1.82) is 0 Å². The fourth-order valence-corrected chi connectivity index (χ4v) is 5.72. The molecule has 0 aliphatic carbocycles. The first kappa shape index (κ1) is 31.2. The molecular formula is C31H38ClN3O4S. The fourth-order valence-electron chi connectivity index (χ4n) is 4.19. The zero-order valence-electron chi connectivity index (χ0n) is 23.9. The van der Waals surface area contributed by atoms with Gasteiger partial charge >= 0.3 is 0 Å². The maximum Gasteiger partial charge on any atom is 0.264 e. The molecule has 3 aromatic carbocycles. The Morgan fingerprint density at radius 1 is 0.900 bits per heavy atom. The number of hydrogen-bond acceptors (Lipinski definition) is 4. The summed E-state index contributed by atoms with van der Waals surface area (Å²) >= 11 is 6.01. The molecule has 7 nitrogen and oxygen atoms in total. The van der Waals surface area contributed by atoms with Gasteiger partial charge in [0.15, 0.2) is 0 Å². The van der Waals surface area contributed by atoms with Crippen LogP contribution in [-0.4, -0.2) is 44.3 Å². The molecule has 0 radical (unpaired) electrons. The number of benzene rings is 3. The molecule has 0 saturated carbocycles. The summed E-state index contributed by atoms with van der Waals surface area (Å²) in [6.07, 6.45) is 0. The van der Waals surface area contributed by atoms with Gasteiger partial charge in [0, 0.05) is 18.1 Å². The van der Waals surface area contributed by atoms with Crippen molar-refractivity contribution in [3.05, 3.63) is 94.0 Å². The van der Waals surface area contributed by atoms with Crippen LogP contribution in [0.25, 0.3) is 0 Å². The van der Waals surface area contributed by atoms with Crippen LogP contribution in [0.5, 0.6) is 0 Å². The predicted octanol–water partition coefficient (Wildman–Crippen LogP) is 5.65. The summed E-state index contributed by atoms with van der Waals surface area (Å²) in [6.45, 7) is 11.6. The van der Waals surface area contributed by atoms with Crippen molar-refractivity contribution in [2.45, 2.75) is 59.0 Å². The topological polar surface area (TPSA) is 86.8 Å². The summed E-state index contributed by atoms with van der Waals surface area (Å²) < 4.78 is 28.9. The number of carbonyl (C=O) groups is 2. The standard InChI is InChI=1S/C31H38ClN3O4S/c1-21(2)18-33-31(37)25(6)34(19-26-9-7-8-22(3)16-26)30(36)20-35(28-13-10-23(4)24(5)17-28)40(38,39)29-14-11-27(32)12-15-29/h7-17,21,25H,18-20H2,1-6H3,(H,33,37). The van der Waals surface area contributed by atoms with Gasteiger partial charge in [-0.05, 0) is 86.7 Å². The molecule has 0 bridgehead atoms. The molecule has 0 heterocycles. The summed E-state index contributed by atoms with van der Waals surface area (Å²) in [4.78, 5) is 28.5. The van der Waals surface area contributed by atoms with Crippen molar-refractivity contribution < 1.29 is 18.0 Å². The van der Waals surface area contributed by atoms with Gasteiger partial charge in [-0.2, -0.15) is 0 Å². The van der Waals surface area contributed by atoms with Crippen LogP contribution in [0, 0.1) is 26.7 Å². The molecule has 1 N–H and O–H groups in total. The maximum atomic E-state index is 14.0. The Kier molecular flexibility index (Phi) is 10.4. The SMILES string of the molecule is Cc1cccc(CN(C(=O)CN(c2ccc(C)c(C)c2)S(=O)(=O)c2ccc(Cl)cc2)C(C)C(=O)NCC(C)C)c1. The first-order chi connectivity index (χ1) is 18.8. The van der Waals surface area contributed by atoms with Gasteiger partial charge in [-0.3, -0.25) is 13.9 Å². The molecule has 3 rings (SSSR count). The largest absolute Gasteiger partial charge is 0.354 e. The van der Waals surface area contributed by atoms with Crippen LogP contribution in [0.3, 0.4) is 0 Å². The summed E-state index contributed by atoms with van der Waals surface area (Å²) in [5.41, 5.74) is 4.10. The summed E-state index contributed by atoms with van der Waals surface area (Å²) in [5, 5.41) is 3.30. The smallest absolute Gasteiger partial charge is 0.264 e. The van der Waals surface area contributed by atoms with Crippen molar-refractivity contribution in [3.8, 4) is 0 Å². The second kappa shape index (κ2) is 13.3. The Balaban J connectivity index is 2.04. The van der Waals surface area contributed by atoms with Gasteiger partial charge in [-0.15, -0.1) is 0 Å². The number of carbonyl (C=O) groups excluding carboxylic acids is 2. The molecule has 2 amide bonds. The lowest BCUT2D eigenvalue weighted by Gasteiger charge is -2.32. The Bertz CT molecular complexity index is 1460. The maximum absolute atomic E-state index is 14.0. The Morgan fingerprint density at radius 2 is 1.57 bits per heavy atom. The predicted molar refractivity (Wildman–Crippen MR) is 161 cm³/mol. The molecule has 3 aromatic rings. The molecule has 1 unspecified atom stereocenters. The van der Waals surface area contributed by atoms with Crippen LogP contribution in [0.1, 0.15) is 43.0 Å². The minimum Gasteiger partial charge on any atom is -0.354 e. The van der Waals surface area contributed by atoms with E-state index >= 15 is 0 Å². The number of sulfonamides is 1. The number of hydrogen-bond donors (Lipinski definition) is 1. The number of halogens is 1. The highest BCUT2D eigenvalue weighted by atomic mass is 35.5. The number of nitrogens with one attached hydrogen (secondary N) is 1. The van der Waals surface area contributed by atoms with E-state index in [2.05, 4.69) is 5.32 Å². The van der Waals surface area contributed by atoms with Crippen LogP contribution in [-0.2, 0) is 26.2 Å². The molecule has 0 aromatic heterocycles. The molecule has 0 aliphatic heterocycles. The number of aryl methyl sites for hydroxylation is 3. The number of rotatable bonds is 11. The van der Waals surface area contributed by atoms with E-state index < -0.39 is 28.5 Å². The quantitative estimate of drug-likeness (QED) is 0.316. The molecule has 0 fully saturated rings. The van der Waals surface area contributed by atoms with Gasteiger partial charge in [-0.25, -0.2) is 8.42 Å². The normalized spacial score (nSPS) is 12.2. The second-order valence-electron chi connectivity index (χ2n) is 10.6. The summed E-state index contributed by atoms with van der Waals surface area (Å²) in [5.74, 6) is -0.556. The van der Waals surface area contributed by atoms with Crippen LogP contribution >= 0.6 is 11.6 Å². The zero-order valence-corrected chi connectivity index (χ0v) is 25.5. The lowest BCUT2D eigenvalue weighted by Crippen LogP contribution is -2.51. The van der Waals surface area contributed by atoms with Crippen molar-refractivity contribution in [2.24, 2.45) is 5.92 Å². The first-order valence-corrected chi connectivity index (χ1v) is 15.1. The highest BCUT2D eigenvalue weighted by Crippen LogP contribution is 2.27. The van der Waals surface area contributed by atoms with E-state index in [1.54, 1.807) is 19.1 Å². The van der Waals surface area contributed by atoms with Gasteiger partial charge in [0.2, 0.25) is 11.8 Å². The highest BCUT2D eigenvalue weighted by molar-refractivity contribution is 7.92. The van der Waals surface area contributed by atoms with E-state index in [0.29, 0.717) is 17.3 Å². The lowest BCUT2D eigenvalue weighted by atomic mass is 10.1. The lowest BCUT2D eigenvalue weighted by molar-refractivity contribution is -0.139. The van der Waals surface area contributed by atoms with Crippen LogP contribution in [0.2, 0.25) is 5.02 Å². The molecule has 9 heteroatoms. The van der Waals surface area contributed by atoms with Crippen molar-refractivity contribution >= 4 is 39.1 Å². The third-order valence-corrected chi connectivity index (χ3v) is 8.79. The third-order valence-electron chi connectivity index (χ3n) is 6.75. The van der Waals surface area contributed by atoms with Crippen LogP contribution in [0.15, 0.2) is 71.6 Å². The van der Waals surface area contributed by atoms with E-state index in [0.717, 1.165) is 26.6 Å². The minimum atomic E-state index is -4.15. The van der Waals surface area contributed by atoms with Gasteiger partial charge in [0.1, 0.15) is 12.6 Å². The summed E-state index contributed by atoms with van der Waals surface area (Å²) in [6, 6.07) is 18.0. The molecule has 0 aliphatic rings. The fraction of sp³-hybridized carbons (Fsp3) is 0.355.